The van der Waals surface area contributed by atoms with Crippen LogP contribution in [0, 0.1) is 5.92 Å². The highest BCUT2D eigenvalue weighted by molar-refractivity contribution is 5.29. The summed E-state index contributed by atoms with van der Waals surface area (Å²) in [7, 11) is 0. The van der Waals surface area contributed by atoms with Gasteiger partial charge in [0, 0.05) is 0 Å². The fraction of sp³-hybridized carbons (Fsp3) is 0.600. The van der Waals surface area contributed by atoms with Crippen molar-refractivity contribution in [3.8, 4) is 5.75 Å². The van der Waals surface area contributed by atoms with Crippen molar-refractivity contribution in [1.82, 2.24) is 5.32 Å². The lowest BCUT2D eigenvalue weighted by Crippen LogP contribution is -2.42. The van der Waals surface area contributed by atoms with E-state index in [0.29, 0.717) is 5.92 Å². The van der Waals surface area contributed by atoms with Gasteiger partial charge in [-0.3, -0.25) is 0 Å². The molecule has 1 atom stereocenters. The van der Waals surface area contributed by atoms with Crippen LogP contribution in [-0.2, 0) is 0 Å². The number of nitrogens with one attached hydrogen (secondary N) is 1. The fourth-order valence-corrected chi connectivity index (χ4v) is 2.02. The Balaban J connectivity index is 1.76. The molecule has 2 rings (SSSR count). The second-order valence-electron chi connectivity index (χ2n) is 5.04. The Labute approximate surface area is 104 Å². The molecule has 1 unspecified atom stereocenters. The molecule has 0 radical (unpaired) electrons. The molecule has 0 aromatic heterocycles. The van der Waals surface area contributed by atoms with E-state index in [-0.39, 0.29) is 0 Å². The lowest BCUT2D eigenvalue weighted by atomic mass is 9.99. The van der Waals surface area contributed by atoms with Crippen LogP contribution in [0.1, 0.15) is 38.2 Å². The third kappa shape index (κ3) is 3.47. The van der Waals surface area contributed by atoms with Gasteiger partial charge in [-0.1, -0.05) is 26.0 Å². The van der Waals surface area contributed by atoms with Crippen LogP contribution in [0.25, 0.3) is 0 Å². The second kappa shape index (κ2) is 6.06. The smallest absolute Gasteiger partial charge is 0.119 e. The van der Waals surface area contributed by atoms with Gasteiger partial charge in [-0.25, -0.2) is 0 Å². The summed E-state index contributed by atoms with van der Waals surface area (Å²) in [4.78, 5) is 0. The minimum absolute atomic E-state index is 0.644. The zero-order valence-corrected chi connectivity index (χ0v) is 10.9. The molecule has 2 nitrogen and oxygen atoms in total. The SMILES string of the molecule is CCC(C)c1ccc(OCCC2CNC2)cc1. The van der Waals surface area contributed by atoms with Gasteiger partial charge >= 0.3 is 0 Å². The van der Waals surface area contributed by atoms with E-state index in [1.807, 2.05) is 0 Å². The Bertz CT molecular complexity index is 329. The Kier molecular flexibility index (Phi) is 4.43. The van der Waals surface area contributed by atoms with Crippen molar-refractivity contribution in [2.24, 2.45) is 5.92 Å². The molecule has 1 N–H and O–H groups in total. The first kappa shape index (κ1) is 12.4. The van der Waals surface area contributed by atoms with Crippen molar-refractivity contribution in [1.29, 1.82) is 0 Å². The fourth-order valence-electron chi connectivity index (χ4n) is 2.02. The second-order valence-corrected chi connectivity index (χ2v) is 5.04. The van der Waals surface area contributed by atoms with Crippen LogP contribution in [0.3, 0.4) is 0 Å². The van der Waals surface area contributed by atoms with E-state index < -0.39 is 0 Å². The largest absolute Gasteiger partial charge is 0.494 e. The number of benzene rings is 1. The highest BCUT2D eigenvalue weighted by Crippen LogP contribution is 2.21. The molecule has 1 saturated heterocycles. The van der Waals surface area contributed by atoms with Crippen LogP contribution >= 0.6 is 0 Å². The van der Waals surface area contributed by atoms with Crippen molar-refractivity contribution in [3.05, 3.63) is 29.8 Å². The van der Waals surface area contributed by atoms with Crippen molar-refractivity contribution in [3.63, 3.8) is 0 Å². The summed E-state index contributed by atoms with van der Waals surface area (Å²) in [6.07, 6.45) is 2.36. The quantitative estimate of drug-likeness (QED) is 0.814. The molecular weight excluding hydrogens is 210 g/mol. The number of hydrogen-bond donors (Lipinski definition) is 1. The normalized spacial score (nSPS) is 17.5. The predicted octanol–water partition coefficient (Wildman–Crippen LogP) is 3.19. The van der Waals surface area contributed by atoms with Crippen LogP contribution in [0.4, 0.5) is 0 Å². The molecule has 1 aliphatic heterocycles. The number of ether oxygens (including phenoxy) is 1. The summed E-state index contributed by atoms with van der Waals surface area (Å²) in [6.45, 7) is 7.66. The maximum absolute atomic E-state index is 5.75. The van der Waals surface area contributed by atoms with E-state index in [0.717, 1.165) is 31.4 Å². The molecule has 1 heterocycles. The first-order chi connectivity index (χ1) is 8.29. The van der Waals surface area contributed by atoms with Crippen LogP contribution < -0.4 is 10.1 Å². The van der Waals surface area contributed by atoms with E-state index in [4.69, 9.17) is 4.74 Å². The van der Waals surface area contributed by atoms with Gasteiger partial charge in [-0.15, -0.1) is 0 Å². The van der Waals surface area contributed by atoms with Gasteiger partial charge in [-0.05, 0) is 55.5 Å². The Morgan fingerprint density at radius 3 is 2.53 bits per heavy atom. The molecule has 1 aromatic rings. The highest BCUT2D eigenvalue weighted by atomic mass is 16.5. The average molecular weight is 233 g/mol. The first-order valence-electron chi connectivity index (χ1n) is 6.73. The van der Waals surface area contributed by atoms with Gasteiger partial charge in [0.25, 0.3) is 0 Å². The Morgan fingerprint density at radius 1 is 1.29 bits per heavy atom. The van der Waals surface area contributed by atoms with E-state index in [9.17, 15) is 0 Å². The number of hydrogen-bond acceptors (Lipinski definition) is 2. The van der Waals surface area contributed by atoms with Gasteiger partial charge in [0.2, 0.25) is 0 Å². The first-order valence-corrected chi connectivity index (χ1v) is 6.73. The topological polar surface area (TPSA) is 21.3 Å². The standard InChI is InChI=1S/C15H23NO/c1-3-12(2)14-4-6-15(7-5-14)17-9-8-13-10-16-11-13/h4-7,12-13,16H,3,8-11H2,1-2H3. The summed E-state index contributed by atoms with van der Waals surface area (Å²) in [5.74, 6) is 2.48. The van der Waals surface area contributed by atoms with Gasteiger partial charge in [0.1, 0.15) is 5.75 Å². The molecule has 0 aliphatic carbocycles. The van der Waals surface area contributed by atoms with Crippen molar-refractivity contribution >= 4 is 0 Å². The summed E-state index contributed by atoms with van der Waals surface area (Å²) in [5.41, 5.74) is 1.41. The zero-order valence-electron chi connectivity index (χ0n) is 10.9. The molecule has 1 aliphatic rings. The highest BCUT2D eigenvalue weighted by Gasteiger charge is 2.15. The van der Waals surface area contributed by atoms with Crippen molar-refractivity contribution < 1.29 is 4.74 Å². The molecule has 0 spiro atoms. The van der Waals surface area contributed by atoms with Crippen molar-refractivity contribution in [2.45, 2.75) is 32.6 Å². The molecule has 2 heteroatoms. The Morgan fingerprint density at radius 2 is 2.00 bits per heavy atom. The molecular formula is C15H23NO. The molecule has 1 fully saturated rings. The van der Waals surface area contributed by atoms with E-state index in [1.54, 1.807) is 0 Å². The van der Waals surface area contributed by atoms with E-state index in [2.05, 4.69) is 43.4 Å². The van der Waals surface area contributed by atoms with Crippen LogP contribution in [0.5, 0.6) is 5.75 Å². The minimum Gasteiger partial charge on any atom is -0.494 e. The predicted molar refractivity (Wildman–Crippen MR) is 71.6 cm³/mol. The molecule has 1 aromatic carbocycles. The lowest BCUT2D eigenvalue weighted by molar-refractivity contribution is 0.238. The van der Waals surface area contributed by atoms with Crippen LogP contribution in [-0.4, -0.2) is 19.7 Å². The summed E-state index contributed by atoms with van der Waals surface area (Å²) < 4.78 is 5.75. The monoisotopic (exact) mass is 233 g/mol. The van der Waals surface area contributed by atoms with Crippen LogP contribution in [0.2, 0.25) is 0 Å². The molecule has 0 bridgehead atoms. The summed E-state index contributed by atoms with van der Waals surface area (Å²) in [6, 6.07) is 8.57. The van der Waals surface area contributed by atoms with Crippen molar-refractivity contribution in [2.75, 3.05) is 19.7 Å². The van der Waals surface area contributed by atoms with Gasteiger partial charge < -0.3 is 10.1 Å². The minimum atomic E-state index is 0.644. The third-order valence-electron chi connectivity index (χ3n) is 3.72. The molecule has 0 amide bonds. The van der Waals surface area contributed by atoms with Gasteiger partial charge in [0.15, 0.2) is 0 Å². The average Bonchev–Trinajstić information content (AvgIpc) is 2.32. The van der Waals surface area contributed by atoms with E-state index in [1.165, 1.54) is 18.4 Å². The molecule has 17 heavy (non-hydrogen) atoms. The summed E-state index contributed by atoms with van der Waals surface area (Å²) in [5, 5.41) is 3.28. The number of rotatable bonds is 6. The summed E-state index contributed by atoms with van der Waals surface area (Å²) >= 11 is 0. The van der Waals surface area contributed by atoms with Gasteiger partial charge in [-0.2, -0.15) is 0 Å². The maximum Gasteiger partial charge on any atom is 0.119 e. The third-order valence-corrected chi connectivity index (χ3v) is 3.72. The molecule has 94 valence electrons. The van der Waals surface area contributed by atoms with Gasteiger partial charge in [0.05, 0.1) is 6.61 Å². The van der Waals surface area contributed by atoms with Crippen LogP contribution in [0.15, 0.2) is 24.3 Å². The van der Waals surface area contributed by atoms with E-state index >= 15 is 0 Å². The lowest BCUT2D eigenvalue weighted by Gasteiger charge is -2.26. The molecule has 0 saturated carbocycles. The zero-order chi connectivity index (χ0) is 12.1. The maximum atomic E-state index is 5.75. The Hall–Kier alpha value is -1.02.